The molecule has 7 heteroatoms. The number of carbonyl (C=O) groups excluding carboxylic acids is 1. The van der Waals surface area contributed by atoms with E-state index in [0.29, 0.717) is 12.8 Å². The molecule has 0 bridgehead atoms. The Kier molecular flexibility index (Phi) is 5.00. The van der Waals surface area contributed by atoms with Gasteiger partial charge in [-0.05, 0) is 25.7 Å². The summed E-state index contributed by atoms with van der Waals surface area (Å²) >= 11 is 1.73. The lowest BCUT2D eigenvalue weighted by Gasteiger charge is -2.32. The molecular weight excluding hydrogens is 277 g/mol. The van der Waals surface area contributed by atoms with Crippen LogP contribution in [0, 0.1) is 5.92 Å². The average molecular weight is 296 g/mol. The molecule has 1 atom stereocenters. The van der Waals surface area contributed by atoms with Gasteiger partial charge in [0, 0.05) is 24.1 Å². The van der Waals surface area contributed by atoms with E-state index in [1.807, 2.05) is 0 Å². The largest absolute Gasteiger partial charge is 0.391 e. The molecule has 0 aromatic rings. The zero-order valence-corrected chi connectivity index (χ0v) is 11.4. The Bertz CT molecular complexity index is 311. The number of rotatable bonds is 2. The standard InChI is InChI=1S/C12H19F3N2OS/c13-12(14,15)8-1-3-9(4-2-8)17-11(18)10-7-19-6-5-16-10/h8-10,16H,1-7H2,(H,17,18). The first-order valence-corrected chi connectivity index (χ1v) is 7.80. The third kappa shape index (κ3) is 4.27. The van der Waals surface area contributed by atoms with Crippen LogP contribution >= 0.6 is 11.8 Å². The highest BCUT2D eigenvalue weighted by Crippen LogP contribution is 2.37. The Hall–Kier alpha value is -0.430. The Morgan fingerprint density at radius 3 is 2.42 bits per heavy atom. The summed E-state index contributed by atoms with van der Waals surface area (Å²) in [5, 5.41) is 6.01. The van der Waals surface area contributed by atoms with Crippen LogP contribution in [0.15, 0.2) is 0 Å². The minimum atomic E-state index is -4.09. The summed E-state index contributed by atoms with van der Waals surface area (Å²) in [4.78, 5) is 11.9. The van der Waals surface area contributed by atoms with Crippen molar-refractivity contribution in [3.05, 3.63) is 0 Å². The Balaban J connectivity index is 1.74. The summed E-state index contributed by atoms with van der Waals surface area (Å²) in [5.74, 6) is 0.483. The van der Waals surface area contributed by atoms with Gasteiger partial charge in [-0.3, -0.25) is 4.79 Å². The third-order valence-electron chi connectivity index (χ3n) is 3.77. The normalized spacial score (nSPS) is 32.9. The van der Waals surface area contributed by atoms with Crippen LogP contribution in [0.4, 0.5) is 13.2 Å². The number of amides is 1. The van der Waals surface area contributed by atoms with Crippen molar-refractivity contribution in [3.63, 3.8) is 0 Å². The summed E-state index contributed by atoms with van der Waals surface area (Å²) in [6.07, 6.45) is -2.98. The zero-order valence-electron chi connectivity index (χ0n) is 10.6. The molecule has 2 N–H and O–H groups in total. The predicted octanol–water partition coefficient (Wildman–Crippen LogP) is 1.93. The molecule has 1 heterocycles. The van der Waals surface area contributed by atoms with Crippen LogP contribution < -0.4 is 10.6 Å². The first-order chi connectivity index (χ1) is 8.97. The van der Waals surface area contributed by atoms with Gasteiger partial charge in [-0.2, -0.15) is 24.9 Å². The SMILES string of the molecule is O=C(NC1CCC(C(F)(F)F)CC1)C1CSCCN1. The molecule has 19 heavy (non-hydrogen) atoms. The van der Waals surface area contributed by atoms with E-state index in [1.165, 1.54) is 0 Å². The van der Waals surface area contributed by atoms with Crippen LogP contribution in [-0.4, -0.2) is 42.2 Å². The maximum Gasteiger partial charge on any atom is 0.391 e. The fraction of sp³-hybridized carbons (Fsp3) is 0.917. The molecule has 1 saturated heterocycles. The van der Waals surface area contributed by atoms with Gasteiger partial charge in [-0.25, -0.2) is 0 Å². The van der Waals surface area contributed by atoms with Crippen molar-refractivity contribution in [1.82, 2.24) is 10.6 Å². The first kappa shape index (κ1) is 15.0. The molecule has 0 spiro atoms. The van der Waals surface area contributed by atoms with Gasteiger partial charge in [0.05, 0.1) is 12.0 Å². The summed E-state index contributed by atoms with van der Waals surface area (Å²) in [5.41, 5.74) is 0. The number of carbonyl (C=O) groups is 1. The number of nitrogens with one attached hydrogen (secondary N) is 2. The van der Waals surface area contributed by atoms with Crippen molar-refractivity contribution in [2.24, 2.45) is 5.92 Å². The van der Waals surface area contributed by atoms with Crippen molar-refractivity contribution in [2.45, 2.75) is 43.9 Å². The van der Waals surface area contributed by atoms with Crippen LogP contribution in [0.2, 0.25) is 0 Å². The fourth-order valence-corrected chi connectivity index (χ4v) is 3.53. The molecule has 2 fully saturated rings. The van der Waals surface area contributed by atoms with E-state index >= 15 is 0 Å². The summed E-state index contributed by atoms with van der Waals surface area (Å²) < 4.78 is 37.6. The van der Waals surface area contributed by atoms with E-state index in [9.17, 15) is 18.0 Å². The second-order valence-corrected chi connectivity index (χ2v) is 6.33. The molecule has 3 nitrogen and oxygen atoms in total. The van der Waals surface area contributed by atoms with Crippen molar-refractivity contribution in [1.29, 1.82) is 0 Å². The van der Waals surface area contributed by atoms with E-state index in [0.717, 1.165) is 18.1 Å². The molecule has 1 aliphatic heterocycles. The van der Waals surface area contributed by atoms with Crippen molar-refractivity contribution >= 4 is 17.7 Å². The van der Waals surface area contributed by atoms with Gasteiger partial charge in [0.15, 0.2) is 0 Å². The molecule has 0 aromatic heterocycles. The monoisotopic (exact) mass is 296 g/mol. The van der Waals surface area contributed by atoms with Gasteiger partial charge in [-0.1, -0.05) is 0 Å². The van der Waals surface area contributed by atoms with E-state index in [-0.39, 0.29) is 30.8 Å². The van der Waals surface area contributed by atoms with Crippen LogP contribution in [-0.2, 0) is 4.79 Å². The van der Waals surface area contributed by atoms with Crippen LogP contribution in [0.5, 0.6) is 0 Å². The van der Waals surface area contributed by atoms with E-state index < -0.39 is 12.1 Å². The molecular formula is C12H19F3N2OS. The van der Waals surface area contributed by atoms with Gasteiger partial charge < -0.3 is 10.6 Å². The van der Waals surface area contributed by atoms with Crippen LogP contribution in [0.25, 0.3) is 0 Å². The number of halogens is 3. The van der Waals surface area contributed by atoms with Gasteiger partial charge >= 0.3 is 6.18 Å². The van der Waals surface area contributed by atoms with Gasteiger partial charge in [0.2, 0.25) is 5.91 Å². The predicted molar refractivity (Wildman–Crippen MR) is 69.1 cm³/mol. The minimum Gasteiger partial charge on any atom is -0.352 e. The van der Waals surface area contributed by atoms with Crippen molar-refractivity contribution in [3.8, 4) is 0 Å². The highest BCUT2D eigenvalue weighted by atomic mass is 32.2. The highest BCUT2D eigenvalue weighted by Gasteiger charge is 2.41. The number of thioether (sulfide) groups is 1. The molecule has 0 aromatic carbocycles. The highest BCUT2D eigenvalue weighted by molar-refractivity contribution is 7.99. The lowest BCUT2D eigenvalue weighted by atomic mass is 9.85. The minimum absolute atomic E-state index is 0.0670. The second kappa shape index (κ2) is 6.35. The lowest BCUT2D eigenvalue weighted by Crippen LogP contribution is -2.52. The molecule has 1 amide bonds. The Morgan fingerprint density at radius 1 is 1.21 bits per heavy atom. The molecule has 2 rings (SSSR count). The zero-order chi connectivity index (χ0) is 13.9. The molecule has 0 radical (unpaired) electrons. The smallest absolute Gasteiger partial charge is 0.352 e. The number of alkyl halides is 3. The van der Waals surface area contributed by atoms with Gasteiger partial charge in [0.1, 0.15) is 0 Å². The molecule has 1 saturated carbocycles. The molecule has 2 aliphatic rings. The summed E-state index contributed by atoms with van der Waals surface area (Å²) in [6.45, 7) is 0.809. The lowest BCUT2D eigenvalue weighted by molar-refractivity contribution is -0.182. The number of hydrogen-bond donors (Lipinski definition) is 2. The van der Waals surface area contributed by atoms with E-state index in [4.69, 9.17) is 0 Å². The van der Waals surface area contributed by atoms with E-state index in [1.54, 1.807) is 11.8 Å². The van der Waals surface area contributed by atoms with Gasteiger partial charge in [-0.15, -0.1) is 0 Å². The van der Waals surface area contributed by atoms with Crippen molar-refractivity contribution in [2.75, 3.05) is 18.1 Å². The van der Waals surface area contributed by atoms with E-state index in [2.05, 4.69) is 10.6 Å². The Morgan fingerprint density at radius 2 is 1.89 bits per heavy atom. The first-order valence-electron chi connectivity index (χ1n) is 6.65. The summed E-state index contributed by atoms with van der Waals surface area (Å²) in [7, 11) is 0. The third-order valence-corrected chi connectivity index (χ3v) is 4.84. The quantitative estimate of drug-likeness (QED) is 0.818. The molecule has 1 unspecified atom stereocenters. The Labute approximate surface area is 115 Å². The van der Waals surface area contributed by atoms with Crippen molar-refractivity contribution < 1.29 is 18.0 Å². The van der Waals surface area contributed by atoms with Gasteiger partial charge in [0.25, 0.3) is 0 Å². The van der Waals surface area contributed by atoms with Crippen LogP contribution in [0.3, 0.4) is 0 Å². The van der Waals surface area contributed by atoms with Crippen LogP contribution in [0.1, 0.15) is 25.7 Å². The topological polar surface area (TPSA) is 41.1 Å². The number of hydrogen-bond acceptors (Lipinski definition) is 3. The molecule has 110 valence electrons. The maximum absolute atomic E-state index is 12.5. The molecule has 1 aliphatic carbocycles. The average Bonchev–Trinajstić information content (AvgIpc) is 2.39. The summed E-state index contributed by atoms with van der Waals surface area (Å²) in [6, 6.07) is -0.293. The fourth-order valence-electron chi connectivity index (χ4n) is 2.60. The second-order valence-electron chi connectivity index (χ2n) is 5.18. The maximum atomic E-state index is 12.5.